The molecule has 0 spiro atoms. The van der Waals surface area contributed by atoms with Gasteiger partial charge in [-0.05, 0) is 50.7 Å². The summed E-state index contributed by atoms with van der Waals surface area (Å²) in [6.45, 7) is 11.9. The zero-order valence-corrected chi connectivity index (χ0v) is 16.2. The van der Waals surface area contributed by atoms with Crippen LogP contribution in [0.2, 0.25) is 20.1 Å². The largest absolute Gasteiger partial charge is 0.312 e. The van der Waals surface area contributed by atoms with Crippen LogP contribution in [0.4, 0.5) is 0 Å². The highest BCUT2D eigenvalue weighted by Gasteiger charge is 2.22. The lowest BCUT2D eigenvalue weighted by Gasteiger charge is -2.30. The molecule has 0 aromatic heterocycles. The standard InChI is InChI=1S/C16H23Cl4N/c1-15(2,3)21-9-16(4,5)7-6-10-11(17)8-12(18)14(20)13(10)19/h8,21H,6-7,9H2,1-5H3. The number of rotatable bonds is 5. The van der Waals surface area contributed by atoms with E-state index in [1.807, 2.05) is 0 Å². The van der Waals surface area contributed by atoms with E-state index >= 15 is 0 Å². The van der Waals surface area contributed by atoms with Crippen molar-refractivity contribution in [3.8, 4) is 0 Å². The van der Waals surface area contributed by atoms with Gasteiger partial charge in [-0.2, -0.15) is 0 Å². The normalized spacial score (nSPS) is 12.8. The third kappa shape index (κ3) is 6.15. The van der Waals surface area contributed by atoms with Gasteiger partial charge >= 0.3 is 0 Å². The fourth-order valence-corrected chi connectivity index (χ4v) is 3.01. The number of hydrogen-bond donors (Lipinski definition) is 1. The monoisotopic (exact) mass is 369 g/mol. The van der Waals surface area contributed by atoms with Crippen LogP contribution in [0, 0.1) is 5.41 Å². The Labute approximate surface area is 148 Å². The molecule has 1 aromatic carbocycles. The lowest BCUT2D eigenvalue weighted by Crippen LogP contribution is -2.42. The Balaban J connectivity index is 2.77. The summed E-state index contributed by atoms with van der Waals surface area (Å²) in [4.78, 5) is 0. The van der Waals surface area contributed by atoms with Crippen molar-refractivity contribution in [2.75, 3.05) is 6.54 Å². The van der Waals surface area contributed by atoms with E-state index in [2.05, 4.69) is 39.9 Å². The van der Waals surface area contributed by atoms with E-state index in [9.17, 15) is 0 Å². The minimum atomic E-state index is 0.107. The summed E-state index contributed by atoms with van der Waals surface area (Å²) in [5.74, 6) is 0. The maximum Gasteiger partial charge on any atom is 0.0782 e. The smallest absolute Gasteiger partial charge is 0.0782 e. The summed E-state index contributed by atoms with van der Waals surface area (Å²) in [7, 11) is 0. The average molecular weight is 371 g/mol. The first-order valence-corrected chi connectivity index (χ1v) is 8.51. The SMILES string of the molecule is CC(C)(CCc1c(Cl)cc(Cl)c(Cl)c1Cl)CNC(C)(C)C. The van der Waals surface area contributed by atoms with E-state index in [1.54, 1.807) is 6.07 Å². The second-order valence-corrected chi connectivity index (χ2v) is 8.78. The zero-order valence-electron chi connectivity index (χ0n) is 13.2. The highest BCUT2D eigenvalue weighted by atomic mass is 35.5. The minimum Gasteiger partial charge on any atom is -0.312 e. The van der Waals surface area contributed by atoms with Crippen LogP contribution in [0.5, 0.6) is 0 Å². The summed E-state index contributed by atoms with van der Waals surface area (Å²) in [5.41, 5.74) is 1.11. The Morgan fingerprint density at radius 3 is 2.00 bits per heavy atom. The Hall–Kier alpha value is 0.340. The lowest BCUT2D eigenvalue weighted by atomic mass is 9.85. The van der Waals surface area contributed by atoms with Crippen LogP contribution >= 0.6 is 46.4 Å². The lowest BCUT2D eigenvalue weighted by molar-refractivity contribution is 0.273. The van der Waals surface area contributed by atoms with Gasteiger partial charge in [0, 0.05) is 17.1 Å². The van der Waals surface area contributed by atoms with E-state index in [4.69, 9.17) is 46.4 Å². The Morgan fingerprint density at radius 1 is 0.905 bits per heavy atom. The molecule has 1 rings (SSSR count). The molecule has 120 valence electrons. The first kappa shape index (κ1) is 19.4. The number of benzene rings is 1. The summed E-state index contributed by atoms with van der Waals surface area (Å²) in [5, 5.41) is 5.35. The van der Waals surface area contributed by atoms with Gasteiger partial charge in [-0.1, -0.05) is 60.3 Å². The van der Waals surface area contributed by atoms with Crippen molar-refractivity contribution in [2.24, 2.45) is 5.41 Å². The first-order chi connectivity index (χ1) is 9.43. The van der Waals surface area contributed by atoms with Crippen LogP contribution in [-0.4, -0.2) is 12.1 Å². The summed E-state index contributed by atoms with van der Waals surface area (Å²) in [6.07, 6.45) is 1.72. The molecule has 0 bridgehead atoms. The Morgan fingerprint density at radius 2 is 1.48 bits per heavy atom. The van der Waals surface area contributed by atoms with E-state index in [0.717, 1.165) is 24.9 Å². The van der Waals surface area contributed by atoms with Gasteiger partial charge in [0.2, 0.25) is 0 Å². The fourth-order valence-electron chi connectivity index (χ4n) is 1.89. The zero-order chi connectivity index (χ0) is 16.4. The van der Waals surface area contributed by atoms with Crippen molar-refractivity contribution in [3.63, 3.8) is 0 Å². The van der Waals surface area contributed by atoms with Crippen molar-refractivity contribution in [2.45, 2.75) is 53.0 Å². The van der Waals surface area contributed by atoms with Gasteiger partial charge in [0.05, 0.1) is 15.1 Å². The van der Waals surface area contributed by atoms with Crippen LogP contribution in [0.15, 0.2) is 6.07 Å². The summed E-state index contributed by atoms with van der Waals surface area (Å²) in [6, 6.07) is 1.66. The minimum absolute atomic E-state index is 0.107. The second-order valence-electron chi connectivity index (χ2n) is 7.21. The molecule has 0 saturated heterocycles. The second kappa shape index (κ2) is 7.27. The molecule has 0 aliphatic carbocycles. The predicted octanol–water partition coefficient (Wildman–Crippen LogP) is 6.65. The van der Waals surface area contributed by atoms with E-state index in [0.29, 0.717) is 20.1 Å². The van der Waals surface area contributed by atoms with Crippen molar-refractivity contribution >= 4 is 46.4 Å². The third-order valence-electron chi connectivity index (χ3n) is 3.36. The topological polar surface area (TPSA) is 12.0 Å². The molecule has 5 heteroatoms. The van der Waals surface area contributed by atoms with Crippen LogP contribution in [-0.2, 0) is 6.42 Å². The van der Waals surface area contributed by atoms with Crippen LogP contribution in [0.3, 0.4) is 0 Å². The van der Waals surface area contributed by atoms with Gasteiger partial charge in [0.15, 0.2) is 0 Å². The molecule has 0 unspecified atom stereocenters. The van der Waals surface area contributed by atoms with E-state index in [-0.39, 0.29) is 11.0 Å². The summed E-state index contributed by atoms with van der Waals surface area (Å²) >= 11 is 24.6. The van der Waals surface area contributed by atoms with Crippen molar-refractivity contribution in [1.82, 2.24) is 5.32 Å². The van der Waals surface area contributed by atoms with Crippen LogP contribution < -0.4 is 5.32 Å². The molecular weight excluding hydrogens is 348 g/mol. The van der Waals surface area contributed by atoms with E-state index in [1.165, 1.54) is 0 Å². The molecular formula is C16H23Cl4N. The highest BCUT2D eigenvalue weighted by molar-refractivity contribution is 6.49. The number of halogens is 4. The fraction of sp³-hybridized carbons (Fsp3) is 0.625. The summed E-state index contributed by atoms with van der Waals surface area (Å²) < 4.78 is 0. The molecule has 0 atom stereocenters. The van der Waals surface area contributed by atoms with Crippen LogP contribution in [0.25, 0.3) is 0 Å². The third-order valence-corrected chi connectivity index (χ3v) is 5.00. The van der Waals surface area contributed by atoms with Crippen LogP contribution in [0.1, 0.15) is 46.6 Å². The first-order valence-electron chi connectivity index (χ1n) is 7.00. The molecule has 0 heterocycles. The Bertz CT molecular complexity index is 504. The molecule has 0 amide bonds. The van der Waals surface area contributed by atoms with Gasteiger partial charge in [0.1, 0.15) is 0 Å². The number of nitrogens with one attached hydrogen (secondary N) is 1. The van der Waals surface area contributed by atoms with Gasteiger partial charge in [-0.15, -0.1) is 0 Å². The molecule has 1 aromatic rings. The number of hydrogen-bond acceptors (Lipinski definition) is 1. The maximum atomic E-state index is 6.27. The van der Waals surface area contributed by atoms with Gasteiger partial charge in [-0.25, -0.2) is 0 Å². The molecule has 0 saturated carbocycles. The molecule has 1 N–H and O–H groups in total. The Kier molecular flexibility index (Phi) is 6.72. The molecule has 0 radical (unpaired) electrons. The van der Waals surface area contributed by atoms with Gasteiger partial charge in [-0.3, -0.25) is 0 Å². The van der Waals surface area contributed by atoms with Crippen molar-refractivity contribution in [1.29, 1.82) is 0 Å². The maximum absolute atomic E-state index is 6.27. The van der Waals surface area contributed by atoms with Gasteiger partial charge in [0.25, 0.3) is 0 Å². The molecule has 0 fully saturated rings. The average Bonchev–Trinajstić information content (AvgIpc) is 2.33. The van der Waals surface area contributed by atoms with Gasteiger partial charge < -0.3 is 5.32 Å². The highest BCUT2D eigenvalue weighted by Crippen LogP contribution is 2.39. The predicted molar refractivity (Wildman–Crippen MR) is 96.3 cm³/mol. The molecule has 1 nitrogen and oxygen atoms in total. The van der Waals surface area contributed by atoms with E-state index < -0.39 is 0 Å². The molecule has 0 aliphatic heterocycles. The molecule has 0 aliphatic rings. The van der Waals surface area contributed by atoms with Crippen molar-refractivity contribution in [3.05, 3.63) is 31.7 Å². The molecule has 21 heavy (non-hydrogen) atoms. The quantitative estimate of drug-likeness (QED) is 0.452. The van der Waals surface area contributed by atoms with Crippen molar-refractivity contribution < 1.29 is 0 Å².